The second-order valence-corrected chi connectivity index (χ2v) is 7.97. The van der Waals surface area contributed by atoms with Crippen molar-refractivity contribution in [3.63, 3.8) is 0 Å². The number of hydrogen-bond acceptors (Lipinski definition) is 7. The molecular weight excluding hydrogens is 456 g/mol. The van der Waals surface area contributed by atoms with E-state index in [9.17, 15) is 19.2 Å². The molecule has 2 aromatic carbocycles. The largest absolute Gasteiger partial charge is 0.492 e. The van der Waals surface area contributed by atoms with Crippen LogP contribution in [0.1, 0.15) is 63.1 Å². The van der Waals surface area contributed by atoms with Gasteiger partial charge in [0.2, 0.25) is 0 Å². The number of para-hydroxylation sites is 1. The molecule has 0 aliphatic heterocycles. The van der Waals surface area contributed by atoms with Gasteiger partial charge in [0.05, 0.1) is 25.4 Å². The minimum atomic E-state index is -0.948. The molecule has 0 bridgehead atoms. The number of benzene rings is 2. The smallest absolute Gasteiger partial charge is 0.341 e. The molecule has 0 heterocycles. The molecule has 35 heavy (non-hydrogen) atoms. The summed E-state index contributed by atoms with van der Waals surface area (Å²) in [6, 6.07) is 10.4. The number of carboxylic acids is 2. The van der Waals surface area contributed by atoms with Crippen molar-refractivity contribution >= 4 is 23.9 Å². The molecule has 2 N–H and O–H groups in total. The monoisotopic (exact) mass is 486 g/mol. The highest BCUT2D eigenvalue weighted by Gasteiger charge is 2.16. The van der Waals surface area contributed by atoms with E-state index in [-0.39, 0.29) is 51.1 Å². The Balaban J connectivity index is 1.93. The van der Waals surface area contributed by atoms with Crippen molar-refractivity contribution in [2.75, 3.05) is 19.8 Å². The van der Waals surface area contributed by atoms with Crippen molar-refractivity contribution in [1.82, 2.24) is 0 Å². The van der Waals surface area contributed by atoms with E-state index in [2.05, 4.69) is 0 Å². The van der Waals surface area contributed by atoms with Gasteiger partial charge in [0.1, 0.15) is 11.3 Å². The van der Waals surface area contributed by atoms with Crippen molar-refractivity contribution in [3.05, 3.63) is 64.2 Å². The van der Waals surface area contributed by atoms with Crippen LogP contribution in [0, 0.1) is 13.8 Å². The maximum atomic E-state index is 12.4. The highest BCUT2D eigenvalue weighted by atomic mass is 16.5. The molecule has 0 saturated heterocycles. The fourth-order valence-electron chi connectivity index (χ4n) is 3.49. The molecule has 0 spiro atoms. The molecule has 2 aromatic rings. The molecule has 0 radical (unpaired) electrons. The fourth-order valence-corrected chi connectivity index (χ4v) is 3.49. The first-order valence-corrected chi connectivity index (χ1v) is 11.3. The molecule has 188 valence electrons. The Morgan fingerprint density at radius 3 is 1.89 bits per heavy atom. The summed E-state index contributed by atoms with van der Waals surface area (Å²) in [7, 11) is 0. The molecule has 0 aromatic heterocycles. The van der Waals surface area contributed by atoms with Gasteiger partial charge in [0.25, 0.3) is 0 Å². The highest BCUT2D eigenvalue weighted by Crippen LogP contribution is 2.21. The van der Waals surface area contributed by atoms with Crippen molar-refractivity contribution in [3.8, 4) is 5.75 Å². The number of rotatable bonds is 14. The molecule has 0 amide bonds. The summed E-state index contributed by atoms with van der Waals surface area (Å²) in [5, 5.41) is 17.3. The Morgan fingerprint density at radius 2 is 1.31 bits per heavy atom. The number of carbonyl (C=O) groups is 4. The maximum Gasteiger partial charge on any atom is 0.341 e. The molecular formula is C26H30O9. The van der Waals surface area contributed by atoms with Crippen LogP contribution in [0.4, 0.5) is 0 Å². The molecule has 9 heteroatoms. The summed E-state index contributed by atoms with van der Waals surface area (Å²) in [4.78, 5) is 45.9. The highest BCUT2D eigenvalue weighted by molar-refractivity contribution is 5.93. The zero-order valence-corrected chi connectivity index (χ0v) is 19.9. The third kappa shape index (κ3) is 9.11. The van der Waals surface area contributed by atoms with Crippen LogP contribution in [-0.2, 0) is 25.5 Å². The SMILES string of the molecule is Cc1cc(CCOc2ccccc2C(=O)OCCCC(=O)O)cc(C)c1C(=O)OCCCC(=O)O. The normalized spacial score (nSPS) is 10.5. The van der Waals surface area contributed by atoms with Gasteiger partial charge in [-0.05, 0) is 55.5 Å². The molecule has 0 saturated carbocycles. The number of carboxylic acid groups (broad SMARTS) is 2. The molecule has 0 fully saturated rings. The van der Waals surface area contributed by atoms with Crippen molar-refractivity contribution in [2.24, 2.45) is 0 Å². The zero-order valence-electron chi connectivity index (χ0n) is 19.9. The van der Waals surface area contributed by atoms with E-state index < -0.39 is 23.9 Å². The van der Waals surface area contributed by atoms with E-state index >= 15 is 0 Å². The van der Waals surface area contributed by atoms with Gasteiger partial charge in [0.15, 0.2) is 0 Å². The number of aliphatic carboxylic acids is 2. The third-order valence-corrected chi connectivity index (χ3v) is 5.09. The Hall–Kier alpha value is -3.88. The van der Waals surface area contributed by atoms with Crippen LogP contribution in [0.5, 0.6) is 5.75 Å². The average Bonchev–Trinajstić information content (AvgIpc) is 2.79. The minimum absolute atomic E-state index is 0.00631. The predicted molar refractivity (Wildman–Crippen MR) is 126 cm³/mol. The van der Waals surface area contributed by atoms with Crippen LogP contribution in [0.15, 0.2) is 36.4 Å². The van der Waals surface area contributed by atoms with Gasteiger partial charge < -0.3 is 24.4 Å². The standard InChI is InChI=1S/C26H30O9/c1-17-15-19(16-18(2)24(17)26(32)35-13-6-10-23(29)30)11-14-33-21-8-4-3-7-20(21)25(31)34-12-5-9-22(27)28/h3-4,7-8,15-16H,5-6,9-14H2,1-2H3,(H,27,28)(H,29,30). The Morgan fingerprint density at radius 1 is 0.771 bits per heavy atom. The Kier molecular flexibility index (Phi) is 10.7. The van der Waals surface area contributed by atoms with E-state index in [0.717, 1.165) is 16.7 Å². The summed E-state index contributed by atoms with van der Waals surface area (Å²) >= 11 is 0. The third-order valence-electron chi connectivity index (χ3n) is 5.09. The molecule has 2 rings (SSSR count). The summed E-state index contributed by atoms with van der Waals surface area (Å²) in [5.74, 6) is -2.58. The van der Waals surface area contributed by atoms with E-state index in [1.807, 2.05) is 12.1 Å². The van der Waals surface area contributed by atoms with Crippen LogP contribution < -0.4 is 4.74 Å². The summed E-state index contributed by atoms with van der Waals surface area (Å²) in [6.45, 7) is 3.94. The van der Waals surface area contributed by atoms with Crippen LogP contribution in [0.25, 0.3) is 0 Å². The van der Waals surface area contributed by atoms with Gasteiger partial charge >= 0.3 is 23.9 Å². The first-order chi connectivity index (χ1) is 16.7. The van der Waals surface area contributed by atoms with E-state index in [1.165, 1.54) is 0 Å². The lowest BCUT2D eigenvalue weighted by molar-refractivity contribution is -0.138. The molecule has 0 aliphatic carbocycles. The van der Waals surface area contributed by atoms with Gasteiger partial charge in [-0.15, -0.1) is 0 Å². The second kappa shape index (κ2) is 13.7. The molecule has 0 unspecified atom stereocenters. The van der Waals surface area contributed by atoms with E-state index in [0.29, 0.717) is 17.7 Å². The second-order valence-electron chi connectivity index (χ2n) is 7.97. The molecule has 0 aliphatic rings. The Labute approximate surface area is 203 Å². The lowest BCUT2D eigenvalue weighted by atomic mass is 9.98. The number of esters is 2. The zero-order chi connectivity index (χ0) is 25.8. The van der Waals surface area contributed by atoms with Crippen molar-refractivity contribution in [1.29, 1.82) is 0 Å². The summed E-state index contributed by atoms with van der Waals surface area (Å²) in [5.41, 5.74) is 3.15. The van der Waals surface area contributed by atoms with Crippen molar-refractivity contribution in [2.45, 2.75) is 46.0 Å². The van der Waals surface area contributed by atoms with Gasteiger partial charge in [0, 0.05) is 19.3 Å². The number of aryl methyl sites for hydroxylation is 2. The first-order valence-electron chi connectivity index (χ1n) is 11.3. The summed E-state index contributed by atoms with van der Waals surface area (Å²) in [6.07, 6.45) is 0.874. The molecule has 0 atom stereocenters. The van der Waals surface area contributed by atoms with Gasteiger partial charge in [-0.3, -0.25) is 9.59 Å². The van der Waals surface area contributed by atoms with Gasteiger partial charge in [-0.1, -0.05) is 24.3 Å². The lowest BCUT2D eigenvalue weighted by Crippen LogP contribution is -2.13. The molecule has 9 nitrogen and oxygen atoms in total. The van der Waals surface area contributed by atoms with Crippen LogP contribution in [0.2, 0.25) is 0 Å². The fraction of sp³-hybridized carbons (Fsp3) is 0.385. The number of ether oxygens (including phenoxy) is 3. The van der Waals surface area contributed by atoms with Gasteiger partial charge in [-0.25, -0.2) is 9.59 Å². The summed E-state index contributed by atoms with van der Waals surface area (Å²) < 4.78 is 16.2. The van der Waals surface area contributed by atoms with Crippen LogP contribution in [0.3, 0.4) is 0 Å². The minimum Gasteiger partial charge on any atom is -0.492 e. The van der Waals surface area contributed by atoms with Crippen molar-refractivity contribution < 1.29 is 43.6 Å². The quantitative estimate of drug-likeness (QED) is 0.300. The van der Waals surface area contributed by atoms with Gasteiger partial charge in [-0.2, -0.15) is 0 Å². The van der Waals surface area contributed by atoms with E-state index in [4.69, 9.17) is 24.4 Å². The first kappa shape index (κ1) is 27.4. The van der Waals surface area contributed by atoms with Crippen LogP contribution in [-0.4, -0.2) is 53.9 Å². The van der Waals surface area contributed by atoms with E-state index in [1.54, 1.807) is 38.1 Å². The van der Waals surface area contributed by atoms with Crippen LogP contribution >= 0.6 is 0 Å². The average molecular weight is 487 g/mol. The predicted octanol–water partition coefficient (Wildman–Crippen LogP) is 3.97. The lowest BCUT2D eigenvalue weighted by Gasteiger charge is -2.14. The Bertz CT molecular complexity index is 1040. The maximum absolute atomic E-state index is 12.4. The number of hydrogen-bond donors (Lipinski definition) is 2. The topological polar surface area (TPSA) is 136 Å². The number of carbonyl (C=O) groups excluding carboxylic acids is 2.